The Morgan fingerprint density at radius 3 is 2.90 bits per heavy atom. The fourth-order valence-electron chi connectivity index (χ4n) is 3.59. The standard InChI is InChI=1S/C15H15N3O2/c19-15(20)10-2-4-12-13(6-10)16-8-17-14(12)18-7-9-1-3-11(18)5-9/h2,4,6,8-9,11H,1,3,5,7H2,(H,19,20). The summed E-state index contributed by atoms with van der Waals surface area (Å²) in [7, 11) is 0. The molecule has 102 valence electrons. The lowest BCUT2D eigenvalue weighted by atomic mass is 10.1. The highest BCUT2D eigenvalue weighted by molar-refractivity contribution is 5.96. The monoisotopic (exact) mass is 269 g/mol. The van der Waals surface area contributed by atoms with Crippen LogP contribution in [0.5, 0.6) is 0 Å². The van der Waals surface area contributed by atoms with E-state index in [1.165, 1.54) is 25.6 Å². The largest absolute Gasteiger partial charge is 0.478 e. The number of aromatic nitrogens is 2. The molecule has 1 aromatic heterocycles. The number of benzene rings is 1. The number of carboxylic acid groups (broad SMARTS) is 1. The van der Waals surface area contributed by atoms with E-state index in [1.54, 1.807) is 12.1 Å². The molecule has 1 aromatic carbocycles. The van der Waals surface area contributed by atoms with Crippen LogP contribution in [0.2, 0.25) is 0 Å². The van der Waals surface area contributed by atoms with Crippen molar-refractivity contribution in [2.45, 2.75) is 25.3 Å². The first-order valence-corrected chi connectivity index (χ1v) is 6.97. The number of carbonyl (C=O) groups is 1. The minimum absolute atomic E-state index is 0.269. The molecule has 2 atom stereocenters. The van der Waals surface area contributed by atoms with E-state index < -0.39 is 5.97 Å². The molecular weight excluding hydrogens is 254 g/mol. The van der Waals surface area contributed by atoms with E-state index in [2.05, 4.69) is 14.9 Å². The number of carboxylic acids is 1. The topological polar surface area (TPSA) is 66.3 Å². The lowest BCUT2D eigenvalue weighted by Crippen LogP contribution is -2.32. The zero-order valence-corrected chi connectivity index (χ0v) is 11.0. The Morgan fingerprint density at radius 1 is 1.30 bits per heavy atom. The van der Waals surface area contributed by atoms with Gasteiger partial charge in [0, 0.05) is 18.0 Å². The van der Waals surface area contributed by atoms with Gasteiger partial charge in [0.25, 0.3) is 0 Å². The minimum atomic E-state index is -0.924. The molecule has 2 fully saturated rings. The van der Waals surface area contributed by atoms with Gasteiger partial charge < -0.3 is 10.0 Å². The van der Waals surface area contributed by atoms with E-state index in [-0.39, 0.29) is 5.56 Å². The van der Waals surface area contributed by atoms with Crippen LogP contribution in [0.15, 0.2) is 24.5 Å². The number of anilines is 1. The van der Waals surface area contributed by atoms with Crippen molar-refractivity contribution >= 4 is 22.7 Å². The number of piperidine rings is 1. The maximum absolute atomic E-state index is 11.0. The fraction of sp³-hybridized carbons (Fsp3) is 0.400. The van der Waals surface area contributed by atoms with Gasteiger partial charge in [-0.05, 0) is 43.4 Å². The predicted molar refractivity (Wildman–Crippen MR) is 75.0 cm³/mol. The van der Waals surface area contributed by atoms with Crippen LogP contribution >= 0.6 is 0 Å². The quantitative estimate of drug-likeness (QED) is 0.906. The first kappa shape index (κ1) is 11.6. The zero-order chi connectivity index (χ0) is 13.7. The van der Waals surface area contributed by atoms with Crippen molar-refractivity contribution in [3.63, 3.8) is 0 Å². The summed E-state index contributed by atoms with van der Waals surface area (Å²) in [4.78, 5) is 22.1. The van der Waals surface area contributed by atoms with Crippen LogP contribution in [0.3, 0.4) is 0 Å². The molecule has 2 aromatic rings. The molecule has 1 aliphatic heterocycles. The summed E-state index contributed by atoms with van der Waals surface area (Å²) in [5, 5.41) is 10.0. The number of hydrogen-bond donors (Lipinski definition) is 1. The number of fused-ring (bicyclic) bond motifs is 3. The molecule has 1 saturated carbocycles. The second kappa shape index (κ2) is 4.16. The van der Waals surface area contributed by atoms with Crippen LogP contribution in [-0.4, -0.2) is 33.6 Å². The van der Waals surface area contributed by atoms with Gasteiger partial charge in [-0.3, -0.25) is 0 Å². The van der Waals surface area contributed by atoms with E-state index >= 15 is 0 Å². The molecule has 4 rings (SSSR count). The summed E-state index contributed by atoms with van der Waals surface area (Å²) in [6.07, 6.45) is 5.37. The summed E-state index contributed by atoms with van der Waals surface area (Å²) < 4.78 is 0. The van der Waals surface area contributed by atoms with Crippen LogP contribution in [0.25, 0.3) is 10.9 Å². The lowest BCUT2D eigenvalue weighted by molar-refractivity contribution is 0.0697. The highest BCUT2D eigenvalue weighted by Gasteiger charge is 2.38. The van der Waals surface area contributed by atoms with Gasteiger partial charge in [0.15, 0.2) is 0 Å². The van der Waals surface area contributed by atoms with Gasteiger partial charge in [-0.15, -0.1) is 0 Å². The van der Waals surface area contributed by atoms with Crippen LogP contribution < -0.4 is 4.90 Å². The predicted octanol–water partition coefficient (Wildman–Crippen LogP) is 2.32. The fourth-order valence-corrected chi connectivity index (χ4v) is 3.59. The van der Waals surface area contributed by atoms with E-state index in [4.69, 9.17) is 5.11 Å². The second-order valence-corrected chi connectivity index (χ2v) is 5.72. The Balaban J connectivity index is 1.82. The average molecular weight is 269 g/mol. The molecule has 0 radical (unpaired) electrons. The van der Waals surface area contributed by atoms with Gasteiger partial charge in [-0.1, -0.05) is 0 Å². The smallest absolute Gasteiger partial charge is 0.335 e. The molecule has 5 nitrogen and oxygen atoms in total. The van der Waals surface area contributed by atoms with Crippen LogP contribution in [-0.2, 0) is 0 Å². The van der Waals surface area contributed by atoms with Crippen molar-refractivity contribution in [2.24, 2.45) is 5.92 Å². The second-order valence-electron chi connectivity index (χ2n) is 5.72. The minimum Gasteiger partial charge on any atom is -0.478 e. The van der Waals surface area contributed by atoms with Gasteiger partial charge in [0.2, 0.25) is 0 Å². The molecule has 1 saturated heterocycles. The lowest BCUT2D eigenvalue weighted by Gasteiger charge is -2.28. The van der Waals surface area contributed by atoms with E-state index in [0.717, 1.165) is 23.7 Å². The SMILES string of the molecule is O=C(O)c1ccc2c(N3CC4CCC3C4)ncnc2c1. The highest BCUT2D eigenvalue weighted by Crippen LogP contribution is 2.41. The van der Waals surface area contributed by atoms with Crippen molar-refractivity contribution in [3.8, 4) is 0 Å². The van der Waals surface area contributed by atoms with Crippen LogP contribution in [0, 0.1) is 5.92 Å². The van der Waals surface area contributed by atoms with E-state index in [0.29, 0.717) is 11.6 Å². The molecule has 0 amide bonds. The number of aromatic carboxylic acids is 1. The van der Waals surface area contributed by atoms with E-state index in [1.807, 2.05) is 6.07 Å². The Hall–Kier alpha value is -2.17. The number of nitrogens with zero attached hydrogens (tertiary/aromatic N) is 3. The summed E-state index contributed by atoms with van der Waals surface area (Å²) in [6, 6.07) is 5.68. The van der Waals surface area contributed by atoms with Crippen molar-refractivity contribution in [1.29, 1.82) is 0 Å². The first-order valence-electron chi connectivity index (χ1n) is 6.97. The van der Waals surface area contributed by atoms with Crippen LogP contribution in [0.1, 0.15) is 29.6 Å². The summed E-state index contributed by atoms with van der Waals surface area (Å²) in [5.41, 5.74) is 0.975. The summed E-state index contributed by atoms with van der Waals surface area (Å²) >= 11 is 0. The third-order valence-electron chi connectivity index (χ3n) is 4.54. The van der Waals surface area contributed by atoms with Gasteiger partial charge >= 0.3 is 5.97 Å². The Labute approximate surface area is 116 Å². The molecule has 5 heteroatoms. The molecule has 1 aliphatic carbocycles. The average Bonchev–Trinajstić information content (AvgIpc) is 3.08. The molecule has 2 heterocycles. The van der Waals surface area contributed by atoms with Crippen molar-refractivity contribution in [3.05, 3.63) is 30.1 Å². The Bertz CT molecular complexity index is 701. The van der Waals surface area contributed by atoms with Crippen molar-refractivity contribution in [1.82, 2.24) is 9.97 Å². The molecule has 2 unspecified atom stereocenters. The first-order chi connectivity index (χ1) is 9.72. The zero-order valence-electron chi connectivity index (χ0n) is 11.0. The molecular formula is C15H15N3O2. The van der Waals surface area contributed by atoms with Gasteiger partial charge in [0.05, 0.1) is 11.1 Å². The van der Waals surface area contributed by atoms with Crippen LogP contribution in [0.4, 0.5) is 5.82 Å². The molecule has 2 aliphatic rings. The maximum atomic E-state index is 11.0. The number of rotatable bonds is 2. The molecule has 0 spiro atoms. The van der Waals surface area contributed by atoms with E-state index in [9.17, 15) is 4.79 Å². The van der Waals surface area contributed by atoms with Gasteiger partial charge in [-0.25, -0.2) is 14.8 Å². The number of hydrogen-bond acceptors (Lipinski definition) is 4. The van der Waals surface area contributed by atoms with Crippen molar-refractivity contribution in [2.75, 3.05) is 11.4 Å². The summed E-state index contributed by atoms with van der Waals surface area (Å²) in [6.45, 7) is 1.07. The summed E-state index contributed by atoms with van der Waals surface area (Å²) in [5.74, 6) is 0.828. The highest BCUT2D eigenvalue weighted by atomic mass is 16.4. The van der Waals surface area contributed by atoms with Gasteiger partial charge in [0.1, 0.15) is 12.1 Å². The third-order valence-corrected chi connectivity index (χ3v) is 4.54. The molecule has 20 heavy (non-hydrogen) atoms. The Kier molecular flexibility index (Phi) is 2.42. The molecule has 2 bridgehead atoms. The Morgan fingerprint density at radius 2 is 2.20 bits per heavy atom. The normalized spacial score (nSPS) is 24.5. The third kappa shape index (κ3) is 1.66. The van der Waals surface area contributed by atoms with Gasteiger partial charge in [-0.2, -0.15) is 0 Å². The maximum Gasteiger partial charge on any atom is 0.335 e. The van der Waals surface area contributed by atoms with Crippen molar-refractivity contribution < 1.29 is 9.90 Å². The molecule has 1 N–H and O–H groups in total.